The second-order valence-electron chi connectivity index (χ2n) is 5.54. The molecule has 20 heavy (non-hydrogen) atoms. The van der Waals surface area contributed by atoms with E-state index >= 15 is 0 Å². The van der Waals surface area contributed by atoms with Crippen LogP contribution in [0.25, 0.3) is 0 Å². The van der Waals surface area contributed by atoms with Gasteiger partial charge in [-0.2, -0.15) is 0 Å². The van der Waals surface area contributed by atoms with Crippen molar-refractivity contribution >= 4 is 0 Å². The van der Waals surface area contributed by atoms with E-state index in [2.05, 4.69) is 32.9 Å². The molecule has 0 heterocycles. The Bertz CT molecular complexity index is 374. The van der Waals surface area contributed by atoms with Gasteiger partial charge in [0.25, 0.3) is 0 Å². The first-order chi connectivity index (χ1) is 9.49. The SMILES string of the molecule is CC.CC1=CC=C(C(C)C)CC1.CC1=CC=C(F)CC1. The first-order valence-corrected chi connectivity index (χ1v) is 7.87. The second kappa shape index (κ2) is 10.7. The maximum absolute atomic E-state index is 12.2. The van der Waals surface area contributed by atoms with Gasteiger partial charge in [-0.15, -0.1) is 0 Å². The zero-order chi connectivity index (χ0) is 15.5. The van der Waals surface area contributed by atoms with Crippen molar-refractivity contribution in [3.63, 3.8) is 0 Å². The van der Waals surface area contributed by atoms with Crippen LogP contribution in [0.2, 0.25) is 0 Å². The Labute approximate surface area is 125 Å². The number of halogens is 1. The molecule has 0 amide bonds. The maximum atomic E-state index is 12.2. The van der Waals surface area contributed by atoms with Gasteiger partial charge in [-0.25, -0.2) is 4.39 Å². The van der Waals surface area contributed by atoms with E-state index in [9.17, 15) is 4.39 Å². The first kappa shape index (κ1) is 18.9. The van der Waals surface area contributed by atoms with Gasteiger partial charge in [-0.3, -0.25) is 0 Å². The highest BCUT2D eigenvalue weighted by molar-refractivity contribution is 5.23. The second-order valence-corrected chi connectivity index (χ2v) is 5.54. The standard InChI is InChI=1S/C10H16.C7H9F.C2H6/c1-8(2)10-6-4-9(3)5-7-10;1-6-2-4-7(8)5-3-6;1-2/h4,6,8H,5,7H2,1-3H3;2,4H,3,5H2,1H3;1-2H3. The highest BCUT2D eigenvalue weighted by Crippen LogP contribution is 2.23. The Morgan fingerprint density at radius 1 is 0.800 bits per heavy atom. The number of rotatable bonds is 1. The van der Waals surface area contributed by atoms with Crippen molar-refractivity contribution in [2.75, 3.05) is 0 Å². The summed E-state index contributed by atoms with van der Waals surface area (Å²) >= 11 is 0. The molecule has 0 atom stereocenters. The Morgan fingerprint density at radius 2 is 1.30 bits per heavy atom. The summed E-state index contributed by atoms with van der Waals surface area (Å²) in [7, 11) is 0. The molecule has 0 saturated heterocycles. The van der Waals surface area contributed by atoms with Gasteiger partial charge in [0.2, 0.25) is 0 Å². The fourth-order valence-corrected chi connectivity index (χ4v) is 1.95. The van der Waals surface area contributed by atoms with Crippen LogP contribution in [0.15, 0.2) is 46.9 Å². The van der Waals surface area contributed by atoms with Gasteiger partial charge in [0.05, 0.1) is 0 Å². The van der Waals surface area contributed by atoms with Crippen LogP contribution in [0.3, 0.4) is 0 Å². The van der Waals surface area contributed by atoms with Crippen molar-refractivity contribution in [3.05, 3.63) is 46.9 Å². The van der Waals surface area contributed by atoms with Crippen LogP contribution in [0.1, 0.15) is 67.2 Å². The average Bonchev–Trinajstić information content (AvgIpc) is 2.45. The fraction of sp³-hybridized carbons (Fsp3) is 0.579. The number of allylic oxidation sites excluding steroid dienone is 8. The normalized spacial score (nSPS) is 17.6. The summed E-state index contributed by atoms with van der Waals surface area (Å²) in [6.07, 6.45) is 11.9. The van der Waals surface area contributed by atoms with Gasteiger partial charge >= 0.3 is 0 Å². The first-order valence-electron chi connectivity index (χ1n) is 7.87. The van der Waals surface area contributed by atoms with E-state index < -0.39 is 0 Å². The van der Waals surface area contributed by atoms with Gasteiger partial charge < -0.3 is 0 Å². The molecular formula is C19H31F. The lowest BCUT2D eigenvalue weighted by Crippen LogP contribution is -1.97. The number of hydrogen-bond acceptors (Lipinski definition) is 0. The summed E-state index contributed by atoms with van der Waals surface area (Å²) in [6.45, 7) is 12.7. The van der Waals surface area contributed by atoms with E-state index in [1.165, 1.54) is 24.0 Å². The van der Waals surface area contributed by atoms with Gasteiger partial charge in [0, 0.05) is 6.42 Å². The van der Waals surface area contributed by atoms with Crippen molar-refractivity contribution in [3.8, 4) is 0 Å². The van der Waals surface area contributed by atoms with Crippen LogP contribution in [0.4, 0.5) is 4.39 Å². The molecule has 0 aliphatic heterocycles. The molecule has 0 unspecified atom stereocenters. The molecule has 1 heteroatoms. The van der Waals surface area contributed by atoms with Gasteiger partial charge in [-0.1, -0.05) is 62.6 Å². The van der Waals surface area contributed by atoms with E-state index in [0.717, 1.165) is 12.3 Å². The predicted octanol–water partition coefficient (Wildman–Crippen LogP) is 6.92. The third kappa shape index (κ3) is 8.14. The fourth-order valence-electron chi connectivity index (χ4n) is 1.95. The molecule has 0 nitrogen and oxygen atoms in total. The largest absolute Gasteiger partial charge is 0.212 e. The maximum Gasteiger partial charge on any atom is 0.100 e. The monoisotopic (exact) mass is 278 g/mol. The molecule has 0 aromatic heterocycles. The average molecular weight is 278 g/mol. The van der Waals surface area contributed by atoms with E-state index in [0.29, 0.717) is 6.42 Å². The molecular weight excluding hydrogens is 247 g/mol. The van der Waals surface area contributed by atoms with E-state index in [-0.39, 0.29) is 5.83 Å². The molecule has 0 aromatic carbocycles. The number of hydrogen-bond donors (Lipinski definition) is 0. The third-order valence-corrected chi connectivity index (χ3v) is 3.44. The summed E-state index contributed by atoms with van der Waals surface area (Å²) in [6, 6.07) is 0. The quantitative estimate of drug-likeness (QED) is 0.488. The summed E-state index contributed by atoms with van der Waals surface area (Å²) < 4.78 is 12.2. The molecule has 0 N–H and O–H groups in total. The molecule has 0 radical (unpaired) electrons. The molecule has 2 rings (SSSR count). The van der Waals surface area contributed by atoms with Crippen molar-refractivity contribution in [1.29, 1.82) is 0 Å². The van der Waals surface area contributed by atoms with Crippen LogP contribution in [0.5, 0.6) is 0 Å². The Hall–Kier alpha value is -1.11. The zero-order valence-electron chi connectivity index (χ0n) is 14.1. The molecule has 0 saturated carbocycles. The molecule has 0 fully saturated rings. The summed E-state index contributed by atoms with van der Waals surface area (Å²) in [5, 5.41) is 0. The molecule has 0 spiro atoms. The lowest BCUT2D eigenvalue weighted by molar-refractivity contribution is 0.582. The summed E-state index contributed by atoms with van der Waals surface area (Å²) in [5.74, 6) is 0.750. The molecule has 0 aromatic rings. The summed E-state index contributed by atoms with van der Waals surface area (Å²) in [5.41, 5.74) is 4.39. The molecule has 0 bridgehead atoms. The van der Waals surface area contributed by atoms with Gasteiger partial charge in [0.1, 0.15) is 5.83 Å². The smallest absolute Gasteiger partial charge is 0.100 e. The Balaban J connectivity index is 0.000000327. The van der Waals surface area contributed by atoms with Crippen LogP contribution in [0, 0.1) is 5.92 Å². The Morgan fingerprint density at radius 3 is 1.60 bits per heavy atom. The highest BCUT2D eigenvalue weighted by Gasteiger charge is 2.05. The van der Waals surface area contributed by atoms with Crippen molar-refractivity contribution in [1.82, 2.24) is 0 Å². The van der Waals surface area contributed by atoms with Crippen molar-refractivity contribution in [2.24, 2.45) is 5.92 Å². The van der Waals surface area contributed by atoms with Crippen molar-refractivity contribution in [2.45, 2.75) is 67.2 Å². The van der Waals surface area contributed by atoms with Crippen LogP contribution < -0.4 is 0 Å². The lowest BCUT2D eigenvalue weighted by atomic mass is 9.92. The minimum Gasteiger partial charge on any atom is -0.212 e. The molecule has 2 aliphatic carbocycles. The minimum absolute atomic E-state index is 0.00981. The minimum atomic E-state index is 0.00981. The van der Waals surface area contributed by atoms with E-state index in [1.54, 1.807) is 11.6 Å². The highest BCUT2D eigenvalue weighted by atomic mass is 19.1. The zero-order valence-corrected chi connectivity index (χ0v) is 14.1. The van der Waals surface area contributed by atoms with Gasteiger partial charge in [0.15, 0.2) is 0 Å². The molecule has 2 aliphatic rings. The van der Waals surface area contributed by atoms with Crippen LogP contribution in [-0.4, -0.2) is 0 Å². The van der Waals surface area contributed by atoms with Crippen LogP contribution >= 0.6 is 0 Å². The lowest BCUT2D eigenvalue weighted by Gasteiger charge is -2.14. The van der Waals surface area contributed by atoms with Gasteiger partial charge in [-0.05, 0) is 45.1 Å². The topological polar surface area (TPSA) is 0 Å². The summed E-state index contributed by atoms with van der Waals surface area (Å²) in [4.78, 5) is 0. The van der Waals surface area contributed by atoms with E-state index in [4.69, 9.17) is 0 Å². The van der Waals surface area contributed by atoms with Crippen LogP contribution in [-0.2, 0) is 0 Å². The third-order valence-electron chi connectivity index (χ3n) is 3.44. The molecule has 114 valence electrons. The predicted molar refractivity (Wildman–Crippen MR) is 89.4 cm³/mol. The van der Waals surface area contributed by atoms with Crippen molar-refractivity contribution < 1.29 is 4.39 Å². The Kier molecular flexibility index (Phi) is 10.1. The van der Waals surface area contributed by atoms with E-state index in [1.807, 2.05) is 26.8 Å².